The molecule has 0 aliphatic rings. The first kappa shape index (κ1) is 19.1. The van der Waals surface area contributed by atoms with Gasteiger partial charge in [-0.3, -0.25) is 10.1 Å². The third-order valence-electron chi connectivity index (χ3n) is 4.07. The van der Waals surface area contributed by atoms with E-state index in [2.05, 4.69) is 27.5 Å². The highest BCUT2D eigenvalue weighted by molar-refractivity contribution is 5.78. The molecule has 3 aromatic rings. The van der Waals surface area contributed by atoms with Crippen LogP contribution in [-0.2, 0) is 6.42 Å². The first-order chi connectivity index (χ1) is 13.6. The highest BCUT2D eigenvalue weighted by Gasteiger charge is 2.24. The lowest BCUT2D eigenvalue weighted by atomic mass is 10.1. The van der Waals surface area contributed by atoms with E-state index in [4.69, 9.17) is 4.74 Å². The molecule has 0 bridgehead atoms. The average Bonchev–Trinajstić information content (AvgIpc) is 2.70. The molecule has 0 atom stereocenters. The van der Waals surface area contributed by atoms with E-state index in [1.807, 2.05) is 43.3 Å². The molecule has 3 rings (SSSR count). The van der Waals surface area contributed by atoms with E-state index in [0.717, 1.165) is 6.42 Å². The summed E-state index contributed by atoms with van der Waals surface area (Å²) in [6, 6.07) is 14.9. The van der Waals surface area contributed by atoms with E-state index in [-0.39, 0.29) is 17.3 Å². The zero-order valence-electron chi connectivity index (χ0n) is 15.7. The van der Waals surface area contributed by atoms with Gasteiger partial charge in [0.05, 0.1) is 17.2 Å². The van der Waals surface area contributed by atoms with Crippen LogP contribution in [0.3, 0.4) is 0 Å². The van der Waals surface area contributed by atoms with Gasteiger partial charge in [-0.05, 0) is 43.2 Å². The minimum absolute atomic E-state index is 0.0832. The third kappa shape index (κ3) is 4.35. The lowest BCUT2D eigenvalue weighted by molar-refractivity contribution is -0.383. The monoisotopic (exact) mass is 379 g/mol. The van der Waals surface area contributed by atoms with E-state index in [9.17, 15) is 10.1 Å². The fourth-order valence-corrected chi connectivity index (χ4v) is 2.67. The Morgan fingerprint density at radius 1 is 1.00 bits per heavy atom. The lowest BCUT2D eigenvalue weighted by Crippen LogP contribution is -2.06. The SMILES string of the molecule is CCOc1ccccc1Nc1ncnc(Nc2ccc(CC)cc2)c1[N+](=O)[O-]. The summed E-state index contributed by atoms with van der Waals surface area (Å²) >= 11 is 0. The molecule has 1 aromatic heterocycles. The van der Waals surface area contributed by atoms with E-state index in [0.29, 0.717) is 23.7 Å². The van der Waals surface area contributed by atoms with Gasteiger partial charge in [-0.2, -0.15) is 0 Å². The van der Waals surface area contributed by atoms with Crippen LogP contribution in [0.2, 0.25) is 0 Å². The van der Waals surface area contributed by atoms with Gasteiger partial charge in [0.15, 0.2) is 0 Å². The molecule has 0 saturated carbocycles. The van der Waals surface area contributed by atoms with Gasteiger partial charge in [-0.25, -0.2) is 9.97 Å². The van der Waals surface area contributed by atoms with Gasteiger partial charge in [0, 0.05) is 5.69 Å². The zero-order valence-corrected chi connectivity index (χ0v) is 15.7. The molecule has 8 heteroatoms. The fraction of sp³-hybridized carbons (Fsp3) is 0.200. The third-order valence-corrected chi connectivity index (χ3v) is 4.07. The molecule has 0 aliphatic heterocycles. The summed E-state index contributed by atoms with van der Waals surface area (Å²) < 4.78 is 5.57. The van der Waals surface area contributed by atoms with Gasteiger partial charge in [0.25, 0.3) is 0 Å². The summed E-state index contributed by atoms with van der Waals surface area (Å²) in [5, 5.41) is 17.7. The van der Waals surface area contributed by atoms with Gasteiger partial charge in [-0.15, -0.1) is 0 Å². The Balaban J connectivity index is 1.94. The van der Waals surface area contributed by atoms with Crippen LogP contribution in [0, 0.1) is 10.1 Å². The number of nitro groups is 1. The second-order valence-electron chi connectivity index (χ2n) is 5.91. The molecule has 0 fully saturated rings. The van der Waals surface area contributed by atoms with Gasteiger partial charge in [0.2, 0.25) is 11.6 Å². The number of ether oxygens (including phenoxy) is 1. The molecule has 0 spiro atoms. The molecule has 8 nitrogen and oxygen atoms in total. The van der Waals surface area contributed by atoms with Crippen molar-refractivity contribution in [3.05, 3.63) is 70.5 Å². The van der Waals surface area contributed by atoms with E-state index in [1.54, 1.807) is 12.1 Å². The molecule has 144 valence electrons. The molecule has 0 saturated heterocycles. The lowest BCUT2D eigenvalue weighted by Gasteiger charge is -2.13. The summed E-state index contributed by atoms with van der Waals surface area (Å²) in [6.45, 7) is 4.41. The van der Waals surface area contributed by atoms with Crippen molar-refractivity contribution in [3.63, 3.8) is 0 Å². The molecule has 0 unspecified atom stereocenters. The zero-order chi connectivity index (χ0) is 19.9. The predicted octanol–water partition coefficient (Wildman–Crippen LogP) is 4.83. The van der Waals surface area contributed by atoms with Crippen LogP contribution in [-0.4, -0.2) is 21.5 Å². The van der Waals surface area contributed by atoms with Gasteiger partial charge in [-0.1, -0.05) is 31.2 Å². The normalized spacial score (nSPS) is 10.4. The maximum absolute atomic E-state index is 11.7. The molecule has 2 aromatic carbocycles. The summed E-state index contributed by atoms with van der Waals surface area (Å²) in [6.07, 6.45) is 2.20. The van der Waals surface area contributed by atoms with Crippen molar-refractivity contribution < 1.29 is 9.66 Å². The molecule has 0 amide bonds. The Morgan fingerprint density at radius 3 is 2.32 bits per heavy atom. The van der Waals surface area contributed by atoms with Crippen molar-refractivity contribution in [1.29, 1.82) is 0 Å². The minimum atomic E-state index is -0.506. The number of hydrogen-bond acceptors (Lipinski definition) is 7. The van der Waals surface area contributed by atoms with Crippen molar-refractivity contribution in [2.45, 2.75) is 20.3 Å². The number of aryl methyl sites for hydroxylation is 1. The van der Waals surface area contributed by atoms with Crippen molar-refractivity contribution in [2.24, 2.45) is 0 Å². The number of nitrogens with zero attached hydrogens (tertiary/aromatic N) is 3. The summed E-state index contributed by atoms with van der Waals surface area (Å²) in [5.74, 6) is 0.781. The first-order valence-corrected chi connectivity index (χ1v) is 8.96. The number of aromatic nitrogens is 2. The Hall–Kier alpha value is -3.68. The van der Waals surface area contributed by atoms with E-state index in [1.165, 1.54) is 11.9 Å². The maximum atomic E-state index is 11.7. The molecular weight excluding hydrogens is 358 g/mol. The largest absolute Gasteiger partial charge is 0.492 e. The standard InChI is InChI=1S/C20H21N5O3/c1-3-14-9-11-15(12-10-14)23-19-18(25(26)27)20(22-13-21-19)24-16-7-5-6-8-17(16)28-4-2/h5-13H,3-4H2,1-2H3,(H2,21,22,23,24). The quantitative estimate of drug-likeness (QED) is 0.427. The first-order valence-electron chi connectivity index (χ1n) is 8.96. The summed E-state index contributed by atoms with van der Waals surface area (Å²) in [5.41, 5.74) is 2.23. The number of para-hydroxylation sites is 2. The van der Waals surface area contributed by atoms with Crippen LogP contribution in [0.5, 0.6) is 5.75 Å². The molecule has 2 N–H and O–H groups in total. The molecular formula is C20H21N5O3. The number of anilines is 4. The van der Waals surface area contributed by atoms with Crippen molar-refractivity contribution in [3.8, 4) is 5.75 Å². The van der Waals surface area contributed by atoms with Gasteiger partial charge < -0.3 is 15.4 Å². The van der Waals surface area contributed by atoms with E-state index < -0.39 is 4.92 Å². The van der Waals surface area contributed by atoms with Crippen LogP contribution in [0.15, 0.2) is 54.9 Å². The Labute approximate surface area is 162 Å². The van der Waals surface area contributed by atoms with Gasteiger partial charge in [0.1, 0.15) is 12.1 Å². The topological polar surface area (TPSA) is 102 Å². The number of benzene rings is 2. The van der Waals surface area contributed by atoms with Crippen molar-refractivity contribution >= 4 is 28.7 Å². The fourth-order valence-electron chi connectivity index (χ4n) is 2.67. The van der Waals surface area contributed by atoms with Crippen LogP contribution < -0.4 is 15.4 Å². The van der Waals surface area contributed by atoms with Crippen molar-refractivity contribution in [2.75, 3.05) is 17.2 Å². The predicted molar refractivity (Wildman–Crippen MR) is 109 cm³/mol. The molecule has 0 aliphatic carbocycles. The number of rotatable bonds is 8. The van der Waals surface area contributed by atoms with Gasteiger partial charge >= 0.3 is 5.69 Å². The van der Waals surface area contributed by atoms with Crippen molar-refractivity contribution in [1.82, 2.24) is 9.97 Å². The average molecular weight is 379 g/mol. The maximum Gasteiger partial charge on any atom is 0.353 e. The second kappa shape index (κ2) is 8.81. The van der Waals surface area contributed by atoms with Crippen LogP contribution in [0.1, 0.15) is 19.4 Å². The minimum Gasteiger partial charge on any atom is -0.492 e. The Kier molecular flexibility index (Phi) is 6.01. The Bertz CT molecular complexity index is 960. The number of nitrogens with one attached hydrogen (secondary N) is 2. The highest BCUT2D eigenvalue weighted by atomic mass is 16.6. The van der Waals surface area contributed by atoms with Crippen LogP contribution >= 0.6 is 0 Å². The summed E-state index contributed by atoms with van der Waals surface area (Å²) in [4.78, 5) is 19.4. The van der Waals surface area contributed by atoms with Crippen LogP contribution in [0.25, 0.3) is 0 Å². The van der Waals surface area contributed by atoms with E-state index >= 15 is 0 Å². The molecule has 1 heterocycles. The second-order valence-corrected chi connectivity index (χ2v) is 5.91. The number of hydrogen-bond donors (Lipinski definition) is 2. The molecule has 28 heavy (non-hydrogen) atoms. The van der Waals surface area contributed by atoms with Crippen LogP contribution in [0.4, 0.5) is 28.7 Å². The molecule has 0 radical (unpaired) electrons. The highest BCUT2D eigenvalue weighted by Crippen LogP contribution is 2.35. The Morgan fingerprint density at radius 2 is 1.68 bits per heavy atom. The summed E-state index contributed by atoms with van der Waals surface area (Å²) in [7, 11) is 0. The smallest absolute Gasteiger partial charge is 0.353 e.